The molecule has 0 atom stereocenters. The number of carbonyl (C=O) groups is 1. The monoisotopic (exact) mass is 398 g/mol. The van der Waals surface area contributed by atoms with E-state index in [1.807, 2.05) is 20.0 Å². The van der Waals surface area contributed by atoms with Crippen LogP contribution in [-0.2, 0) is 11.4 Å². The first-order chi connectivity index (χ1) is 13.5. The second-order valence-corrected chi connectivity index (χ2v) is 7.06. The molecule has 2 aromatic carbocycles. The molecule has 0 saturated heterocycles. The summed E-state index contributed by atoms with van der Waals surface area (Å²) in [6.07, 6.45) is 0.403. The molecule has 0 fully saturated rings. The van der Waals surface area contributed by atoms with Gasteiger partial charge in [0, 0.05) is 34.9 Å². The summed E-state index contributed by atoms with van der Waals surface area (Å²) >= 11 is 1.67. The summed E-state index contributed by atoms with van der Waals surface area (Å²) in [6.45, 7) is 6.77. The molecule has 0 saturated carbocycles. The Bertz CT molecular complexity index is 925. The first-order valence-corrected chi connectivity index (χ1v) is 9.70. The SMILES string of the molecule is CNc1cccc(C)c1COc1ccc(-c2nc(C)cs2)cc1C.NNC=O. The summed E-state index contributed by atoms with van der Waals surface area (Å²) in [7, 11) is 1.94. The molecular weight excluding hydrogens is 372 g/mol. The predicted octanol–water partition coefficient (Wildman–Crippen LogP) is 3.96. The lowest BCUT2D eigenvalue weighted by Crippen LogP contribution is -2.18. The highest BCUT2D eigenvalue weighted by molar-refractivity contribution is 7.13. The lowest BCUT2D eigenvalue weighted by Gasteiger charge is -2.15. The van der Waals surface area contributed by atoms with E-state index in [0.29, 0.717) is 13.0 Å². The predicted molar refractivity (Wildman–Crippen MR) is 115 cm³/mol. The molecule has 28 heavy (non-hydrogen) atoms. The number of benzene rings is 2. The smallest absolute Gasteiger partial charge is 0.221 e. The Morgan fingerprint density at radius 3 is 2.50 bits per heavy atom. The van der Waals surface area contributed by atoms with Gasteiger partial charge in [0.2, 0.25) is 6.41 Å². The molecule has 0 radical (unpaired) electrons. The van der Waals surface area contributed by atoms with Gasteiger partial charge in [0.05, 0.1) is 0 Å². The maximum atomic E-state index is 8.94. The molecule has 0 spiro atoms. The van der Waals surface area contributed by atoms with Gasteiger partial charge in [0.15, 0.2) is 0 Å². The van der Waals surface area contributed by atoms with Crippen molar-refractivity contribution in [1.29, 1.82) is 0 Å². The van der Waals surface area contributed by atoms with Gasteiger partial charge in [-0.3, -0.25) is 10.2 Å². The highest BCUT2D eigenvalue weighted by Crippen LogP contribution is 2.29. The molecule has 1 aromatic heterocycles. The Morgan fingerprint density at radius 2 is 1.93 bits per heavy atom. The number of amides is 1. The zero-order chi connectivity index (χ0) is 20.5. The van der Waals surface area contributed by atoms with E-state index in [2.05, 4.69) is 65.7 Å². The number of nitrogens with zero attached hydrogens (tertiary/aromatic N) is 1. The molecule has 4 N–H and O–H groups in total. The van der Waals surface area contributed by atoms with E-state index in [-0.39, 0.29) is 0 Å². The van der Waals surface area contributed by atoms with Crippen LogP contribution in [0.2, 0.25) is 0 Å². The van der Waals surface area contributed by atoms with E-state index in [0.717, 1.165) is 33.3 Å². The van der Waals surface area contributed by atoms with Crippen LogP contribution in [0.25, 0.3) is 10.6 Å². The zero-order valence-corrected chi connectivity index (χ0v) is 17.4. The van der Waals surface area contributed by atoms with Crippen LogP contribution in [0.3, 0.4) is 0 Å². The van der Waals surface area contributed by atoms with E-state index >= 15 is 0 Å². The van der Waals surface area contributed by atoms with Gasteiger partial charge in [-0.1, -0.05) is 12.1 Å². The number of anilines is 1. The quantitative estimate of drug-likeness (QED) is 0.253. The fourth-order valence-electron chi connectivity index (χ4n) is 2.71. The summed E-state index contributed by atoms with van der Waals surface area (Å²) in [5.41, 5.74) is 8.62. The van der Waals surface area contributed by atoms with Gasteiger partial charge in [-0.2, -0.15) is 0 Å². The molecule has 1 heterocycles. The molecule has 1 amide bonds. The van der Waals surface area contributed by atoms with Gasteiger partial charge in [0.1, 0.15) is 17.4 Å². The minimum Gasteiger partial charge on any atom is -0.489 e. The van der Waals surface area contributed by atoms with Crippen LogP contribution in [0.4, 0.5) is 5.69 Å². The van der Waals surface area contributed by atoms with Crippen molar-refractivity contribution in [3.8, 4) is 16.3 Å². The normalized spacial score (nSPS) is 9.89. The number of hydrazine groups is 1. The Hall–Kier alpha value is -2.90. The van der Waals surface area contributed by atoms with E-state index in [1.54, 1.807) is 16.8 Å². The number of aryl methyl sites for hydroxylation is 3. The molecule has 0 aliphatic carbocycles. The Morgan fingerprint density at radius 1 is 1.18 bits per heavy atom. The summed E-state index contributed by atoms with van der Waals surface area (Å²) in [5, 5.41) is 6.36. The second kappa shape index (κ2) is 10.4. The van der Waals surface area contributed by atoms with E-state index in [4.69, 9.17) is 9.53 Å². The number of hydrogen-bond acceptors (Lipinski definition) is 6. The maximum Gasteiger partial charge on any atom is 0.221 e. The van der Waals surface area contributed by atoms with E-state index in [9.17, 15) is 0 Å². The van der Waals surface area contributed by atoms with Crippen molar-refractivity contribution in [1.82, 2.24) is 10.4 Å². The first kappa shape index (κ1) is 21.4. The standard InChI is InChI=1S/C20H22N2OS.CH4N2O/c1-13-6-5-7-18(21-4)17(13)11-23-19-9-8-16(10-14(19)2)20-22-15(3)12-24-20;2-3-1-4/h5-10,12,21H,11H2,1-4H3;1H,2H2,(H,3,4). The fraction of sp³-hybridized carbons (Fsp3) is 0.238. The van der Waals surface area contributed by atoms with Gasteiger partial charge in [-0.25, -0.2) is 10.8 Å². The van der Waals surface area contributed by atoms with Crippen LogP contribution >= 0.6 is 11.3 Å². The van der Waals surface area contributed by atoms with Crippen LogP contribution in [0, 0.1) is 20.8 Å². The largest absolute Gasteiger partial charge is 0.489 e. The van der Waals surface area contributed by atoms with Crippen molar-refractivity contribution in [2.75, 3.05) is 12.4 Å². The third-order valence-corrected chi connectivity index (χ3v) is 5.17. The van der Waals surface area contributed by atoms with Gasteiger partial charge >= 0.3 is 0 Å². The van der Waals surface area contributed by atoms with Gasteiger partial charge < -0.3 is 10.1 Å². The van der Waals surface area contributed by atoms with Crippen molar-refractivity contribution >= 4 is 23.4 Å². The number of nitrogens with one attached hydrogen (secondary N) is 2. The summed E-state index contributed by atoms with van der Waals surface area (Å²) in [4.78, 5) is 13.5. The Labute approximate surface area is 169 Å². The average molecular weight is 399 g/mol. The lowest BCUT2D eigenvalue weighted by molar-refractivity contribution is -0.109. The zero-order valence-electron chi connectivity index (χ0n) is 16.6. The minimum atomic E-state index is 0.403. The lowest BCUT2D eigenvalue weighted by atomic mass is 10.1. The first-order valence-electron chi connectivity index (χ1n) is 8.82. The highest BCUT2D eigenvalue weighted by Gasteiger charge is 2.09. The minimum absolute atomic E-state index is 0.403. The Kier molecular flexibility index (Phi) is 7.98. The summed E-state index contributed by atoms with van der Waals surface area (Å²) in [6, 6.07) is 12.5. The van der Waals surface area contributed by atoms with Crippen LogP contribution in [0.1, 0.15) is 22.4 Å². The van der Waals surface area contributed by atoms with Crippen molar-refractivity contribution < 1.29 is 9.53 Å². The molecule has 6 nitrogen and oxygen atoms in total. The molecular formula is C21H26N4O2S. The molecule has 0 aliphatic heterocycles. The average Bonchev–Trinajstić information content (AvgIpc) is 3.14. The van der Waals surface area contributed by atoms with Crippen molar-refractivity contribution in [2.45, 2.75) is 27.4 Å². The van der Waals surface area contributed by atoms with Crippen LogP contribution in [0.5, 0.6) is 5.75 Å². The molecule has 7 heteroatoms. The number of nitrogens with two attached hydrogens (primary N) is 1. The topological polar surface area (TPSA) is 89.3 Å². The molecule has 0 unspecified atom stereocenters. The maximum absolute atomic E-state index is 8.94. The molecule has 0 aliphatic rings. The molecule has 148 valence electrons. The fourth-order valence-corrected chi connectivity index (χ4v) is 3.50. The van der Waals surface area contributed by atoms with Gasteiger partial charge in [-0.15, -0.1) is 11.3 Å². The second-order valence-electron chi connectivity index (χ2n) is 6.20. The third-order valence-electron chi connectivity index (χ3n) is 4.16. The third kappa shape index (κ3) is 5.55. The molecule has 3 rings (SSSR count). The number of carbonyl (C=O) groups excluding carboxylic acids is 1. The van der Waals surface area contributed by atoms with Crippen molar-refractivity contribution in [3.05, 3.63) is 64.2 Å². The van der Waals surface area contributed by atoms with Gasteiger partial charge in [-0.05, 0) is 56.2 Å². The molecule has 0 bridgehead atoms. The number of rotatable bonds is 6. The van der Waals surface area contributed by atoms with Crippen LogP contribution in [0.15, 0.2) is 41.8 Å². The number of hydrogen-bond donors (Lipinski definition) is 3. The summed E-state index contributed by atoms with van der Waals surface area (Å²) in [5.74, 6) is 5.32. The van der Waals surface area contributed by atoms with Crippen LogP contribution < -0.4 is 21.3 Å². The Balaban J connectivity index is 0.000000640. The van der Waals surface area contributed by atoms with E-state index < -0.39 is 0 Å². The molecule has 3 aromatic rings. The van der Waals surface area contributed by atoms with Gasteiger partial charge in [0.25, 0.3) is 0 Å². The number of thiazole rings is 1. The van der Waals surface area contributed by atoms with Crippen molar-refractivity contribution in [2.24, 2.45) is 5.84 Å². The summed E-state index contributed by atoms with van der Waals surface area (Å²) < 4.78 is 6.09. The van der Waals surface area contributed by atoms with E-state index in [1.165, 1.54) is 11.1 Å². The number of aromatic nitrogens is 1. The number of ether oxygens (including phenoxy) is 1. The van der Waals surface area contributed by atoms with Crippen LogP contribution in [-0.4, -0.2) is 18.4 Å². The highest BCUT2D eigenvalue weighted by atomic mass is 32.1. The van der Waals surface area contributed by atoms with Crippen molar-refractivity contribution in [3.63, 3.8) is 0 Å².